The van der Waals surface area contributed by atoms with Crippen molar-refractivity contribution in [3.8, 4) is 0 Å². The standard InChI is InChI=1S/C22H27N7O5/c1-15(13-19(31-3)32-4)34-22(30)24-18-12-8-11-17(23-18)14-33-26-20(16-9-6-5-7-10-16)21-25-27-28-29(21)2/h5-12,15,19H,13-14H2,1-4H3,(H,23,24,30)/b26-20-. The van der Waals surface area contributed by atoms with E-state index in [-0.39, 0.29) is 6.61 Å². The second kappa shape index (κ2) is 12.4. The molecule has 180 valence electrons. The van der Waals surface area contributed by atoms with Gasteiger partial charge in [-0.05, 0) is 29.5 Å². The highest BCUT2D eigenvalue weighted by Crippen LogP contribution is 2.12. The molecule has 0 saturated carbocycles. The molecule has 2 heterocycles. The number of nitrogens with zero attached hydrogens (tertiary/aromatic N) is 6. The number of anilines is 1. The Balaban J connectivity index is 1.62. The van der Waals surface area contributed by atoms with E-state index in [0.717, 1.165) is 5.56 Å². The number of oxime groups is 1. The van der Waals surface area contributed by atoms with Crippen LogP contribution in [-0.2, 0) is 32.7 Å². The number of aromatic nitrogens is 5. The average Bonchev–Trinajstić information content (AvgIpc) is 3.26. The first-order valence-electron chi connectivity index (χ1n) is 10.5. The van der Waals surface area contributed by atoms with Crippen molar-refractivity contribution in [2.24, 2.45) is 12.2 Å². The summed E-state index contributed by atoms with van der Waals surface area (Å²) in [6.45, 7) is 1.81. The van der Waals surface area contributed by atoms with E-state index < -0.39 is 18.5 Å². The molecule has 0 fully saturated rings. The number of aryl methyl sites for hydroxylation is 1. The van der Waals surface area contributed by atoms with Crippen LogP contribution in [0.5, 0.6) is 0 Å². The highest BCUT2D eigenvalue weighted by Gasteiger charge is 2.17. The summed E-state index contributed by atoms with van der Waals surface area (Å²) >= 11 is 0. The summed E-state index contributed by atoms with van der Waals surface area (Å²) in [6.07, 6.45) is -1.12. The van der Waals surface area contributed by atoms with Crippen molar-refractivity contribution < 1.29 is 23.8 Å². The van der Waals surface area contributed by atoms with Crippen LogP contribution in [0, 0.1) is 0 Å². The molecule has 0 aliphatic carbocycles. The third-order valence-electron chi connectivity index (χ3n) is 4.64. The number of nitrogens with one attached hydrogen (secondary N) is 1. The predicted molar refractivity (Wildman–Crippen MR) is 122 cm³/mol. The van der Waals surface area contributed by atoms with Crippen molar-refractivity contribution in [3.63, 3.8) is 0 Å². The number of hydrogen-bond acceptors (Lipinski definition) is 10. The van der Waals surface area contributed by atoms with Gasteiger partial charge in [0.2, 0.25) is 5.82 Å². The van der Waals surface area contributed by atoms with Gasteiger partial charge in [-0.15, -0.1) is 5.10 Å². The van der Waals surface area contributed by atoms with Gasteiger partial charge in [-0.2, -0.15) is 0 Å². The first-order valence-corrected chi connectivity index (χ1v) is 10.5. The molecule has 0 aliphatic rings. The van der Waals surface area contributed by atoms with Crippen molar-refractivity contribution in [1.29, 1.82) is 0 Å². The minimum absolute atomic E-state index is 0.0615. The summed E-state index contributed by atoms with van der Waals surface area (Å²) in [7, 11) is 4.76. The predicted octanol–water partition coefficient (Wildman–Crippen LogP) is 2.52. The maximum Gasteiger partial charge on any atom is 0.413 e. The lowest BCUT2D eigenvalue weighted by atomic mass is 10.1. The number of amides is 1. The average molecular weight is 470 g/mol. The number of rotatable bonds is 11. The third-order valence-corrected chi connectivity index (χ3v) is 4.64. The molecule has 0 spiro atoms. The largest absolute Gasteiger partial charge is 0.446 e. The lowest BCUT2D eigenvalue weighted by Gasteiger charge is -2.18. The Morgan fingerprint density at radius 3 is 2.56 bits per heavy atom. The van der Waals surface area contributed by atoms with Crippen molar-refractivity contribution >= 4 is 17.6 Å². The van der Waals surface area contributed by atoms with Crippen LogP contribution in [0.4, 0.5) is 10.6 Å². The normalized spacial score (nSPS) is 12.4. The van der Waals surface area contributed by atoms with Gasteiger partial charge in [-0.3, -0.25) is 5.32 Å². The van der Waals surface area contributed by atoms with Gasteiger partial charge >= 0.3 is 6.09 Å². The fraction of sp³-hybridized carbons (Fsp3) is 0.364. The van der Waals surface area contributed by atoms with E-state index in [1.165, 1.54) is 18.9 Å². The highest BCUT2D eigenvalue weighted by atomic mass is 16.7. The maximum absolute atomic E-state index is 12.2. The molecule has 0 bridgehead atoms. The Kier molecular flexibility index (Phi) is 9.00. The highest BCUT2D eigenvalue weighted by molar-refractivity contribution is 6.10. The molecule has 3 rings (SSSR count). The number of carbonyl (C=O) groups is 1. The Labute approximate surface area is 196 Å². The summed E-state index contributed by atoms with van der Waals surface area (Å²) in [5.74, 6) is 0.772. The van der Waals surface area contributed by atoms with Gasteiger partial charge in [-0.1, -0.05) is 41.6 Å². The van der Waals surface area contributed by atoms with E-state index in [4.69, 9.17) is 19.0 Å². The number of pyridine rings is 1. The number of tetrazole rings is 1. The van der Waals surface area contributed by atoms with Crippen LogP contribution in [0.3, 0.4) is 0 Å². The van der Waals surface area contributed by atoms with Gasteiger partial charge in [0, 0.05) is 33.3 Å². The number of benzene rings is 1. The van der Waals surface area contributed by atoms with Crippen molar-refractivity contribution in [3.05, 3.63) is 65.6 Å². The second-order valence-corrected chi connectivity index (χ2v) is 7.20. The maximum atomic E-state index is 12.2. The summed E-state index contributed by atoms with van der Waals surface area (Å²) in [4.78, 5) is 22.1. The molecule has 34 heavy (non-hydrogen) atoms. The van der Waals surface area contributed by atoms with Crippen LogP contribution < -0.4 is 5.32 Å². The zero-order valence-corrected chi connectivity index (χ0v) is 19.4. The Morgan fingerprint density at radius 2 is 1.88 bits per heavy atom. The zero-order valence-electron chi connectivity index (χ0n) is 19.4. The third kappa shape index (κ3) is 7.05. The van der Waals surface area contributed by atoms with E-state index in [9.17, 15) is 4.79 Å². The zero-order chi connectivity index (χ0) is 24.3. The van der Waals surface area contributed by atoms with Crippen LogP contribution in [0.25, 0.3) is 0 Å². The molecule has 0 aliphatic heterocycles. The van der Waals surface area contributed by atoms with Crippen LogP contribution in [0.15, 0.2) is 53.7 Å². The molecular formula is C22H27N7O5. The minimum Gasteiger partial charge on any atom is -0.446 e. The van der Waals surface area contributed by atoms with Gasteiger partial charge in [0.1, 0.15) is 11.9 Å². The summed E-state index contributed by atoms with van der Waals surface area (Å²) < 4.78 is 17.1. The van der Waals surface area contributed by atoms with E-state index in [1.54, 1.807) is 32.2 Å². The van der Waals surface area contributed by atoms with Crippen LogP contribution in [0.1, 0.15) is 30.4 Å². The number of methoxy groups -OCH3 is 2. The minimum atomic E-state index is -0.636. The molecule has 12 nitrogen and oxygen atoms in total. The molecule has 0 radical (unpaired) electrons. The molecule has 1 N–H and O–H groups in total. The Morgan fingerprint density at radius 1 is 1.12 bits per heavy atom. The quantitative estimate of drug-likeness (QED) is 0.255. The molecule has 1 aromatic carbocycles. The van der Waals surface area contributed by atoms with Crippen molar-refractivity contribution in [2.45, 2.75) is 32.3 Å². The summed E-state index contributed by atoms with van der Waals surface area (Å²) in [5, 5.41) is 18.4. The summed E-state index contributed by atoms with van der Waals surface area (Å²) in [6, 6.07) is 14.6. The topological polar surface area (TPSA) is 135 Å². The van der Waals surface area contributed by atoms with E-state index >= 15 is 0 Å². The van der Waals surface area contributed by atoms with Crippen molar-refractivity contribution in [2.75, 3.05) is 19.5 Å². The van der Waals surface area contributed by atoms with Crippen molar-refractivity contribution in [1.82, 2.24) is 25.2 Å². The smallest absolute Gasteiger partial charge is 0.413 e. The summed E-state index contributed by atoms with van der Waals surface area (Å²) in [5.41, 5.74) is 1.83. The van der Waals surface area contributed by atoms with E-state index in [0.29, 0.717) is 29.5 Å². The first kappa shape index (κ1) is 24.7. The van der Waals surface area contributed by atoms with Crippen LogP contribution >= 0.6 is 0 Å². The number of hydrogen-bond donors (Lipinski definition) is 1. The lowest BCUT2D eigenvalue weighted by molar-refractivity contribution is -0.120. The van der Waals surface area contributed by atoms with Crippen LogP contribution in [0.2, 0.25) is 0 Å². The fourth-order valence-electron chi connectivity index (χ4n) is 2.97. The van der Waals surface area contributed by atoms with Gasteiger partial charge < -0.3 is 19.0 Å². The first-order chi connectivity index (χ1) is 16.5. The molecule has 1 atom stereocenters. The van der Waals surface area contributed by atoms with Gasteiger partial charge in [-0.25, -0.2) is 14.5 Å². The molecule has 2 aromatic heterocycles. The molecule has 1 amide bonds. The van der Waals surface area contributed by atoms with Crippen LogP contribution in [-0.4, -0.2) is 63.6 Å². The Hall–Kier alpha value is -3.90. The SMILES string of the molecule is COC(CC(C)OC(=O)Nc1cccc(CO/N=C(/c2ccccc2)c2nnnn2C)n1)OC. The molecule has 12 heteroatoms. The van der Waals surface area contributed by atoms with E-state index in [1.807, 2.05) is 30.3 Å². The lowest BCUT2D eigenvalue weighted by Crippen LogP contribution is -2.26. The molecular weight excluding hydrogens is 442 g/mol. The molecule has 1 unspecified atom stereocenters. The van der Waals surface area contributed by atoms with Gasteiger partial charge in [0.25, 0.3) is 0 Å². The van der Waals surface area contributed by atoms with Gasteiger partial charge in [0.15, 0.2) is 18.6 Å². The molecule has 3 aromatic rings. The van der Waals surface area contributed by atoms with Gasteiger partial charge in [0.05, 0.1) is 5.69 Å². The monoisotopic (exact) mass is 469 g/mol. The van der Waals surface area contributed by atoms with E-state index in [2.05, 4.69) is 31.0 Å². The fourth-order valence-corrected chi connectivity index (χ4v) is 2.97. The molecule has 0 saturated heterocycles. The number of carbonyl (C=O) groups excluding carboxylic acids is 1. The Bertz CT molecular complexity index is 1090. The second-order valence-electron chi connectivity index (χ2n) is 7.20. The number of ether oxygens (including phenoxy) is 3.